The molecule has 0 aliphatic rings. The van der Waals surface area contributed by atoms with Gasteiger partial charge in [-0.2, -0.15) is 0 Å². The van der Waals surface area contributed by atoms with Crippen molar-refractivity contribution in [2.45, 2.75) is 6.92 Å². The Morgan fingerprint density at radius 2 is 1.81 bits per heavy atom. The number of sulfonamides is 1. The lowest BCUT2D eigenvalue weighted by Crippen LogP contribution is -2.38. The molecule has 118 valence electrons. The van der Waals surface area contributed by atoms with E-state index in [0.717, 1.165) is 5.75 Å². The van der Waals surface area contributed by atoms with Gasteiger partial charge in [0.2, 0.25) is 15.9 Å². The van der Waals surface area contributed by atoms with Gasteiger partial charge < -0.3 is 14.8 Å². The number of methoxy groups -OCH3 is 1. The average molecular weight is 316 g/mol. The third-order valence-electron chi connectivity index (χ3n) is 2.59. The van der Waals surface area contributed by atoms with Crippen LogP contribution in [0.1, 0.15) is 6.92 Å². The first kappa shape index (κ1) is 17.3. The zero-order valence-corrected chi connectivity index (χ0v) is 12.9. The van der Waals surface area contributed by atoms with E-state index in [4.69, 9.17) is 9.47 Å². The molecule has 0 aromatic heterocycles. The Morgan fingerprint density at radius 1 is 1.19 bits per heavy atom. The molecule has 0 bridgehead atoms. The molecule has 0 heterocycles. The number of rotatable bonds is 9. The molecular weight excluding hydrogens is 296 g/mol. The lowest BCUT2D eigenvalue weighted by molar-refractivity contribution is -0.120. The number of hydrogen-bond donors (Lipinski definition) is 2. The Labute approximate surface area is 124 Å². The van der Waals surface area contributed by atoms with Gasteiger partial charge in [0.1, 0.15) is 18.1 Å². The zero-order chi connectivity index (χ0) is 15.7. The summed E-state index contributed by atoms with van der Waals surface area (Å²) in [6, 6.07) is 7.06. The van der Waals surface area contributed by atoms with E-state index in [2.05, 4.69) is 10.0 Å². The summed E-state index contributed by atoms with van der Waals surface area (Å²) in [6.45, 7) is 1.82. The molecule has 8 heteroatoms. The fourth-order valence-corrected chi connectivity index (χ4v) is 1.93. The van der Waals surface area contributed by atoms with Gasteiger partial charge in [0, 0.05) is 0 Å². The minimum Gasteiger partial charge on any atom is -0.497 e. The Kier molecular flexibility index (Phi) is 6.97. The van der Waals surface area contributed by atoms with Gasteiger partial charge in [0.05, 0.1) is 26.0 Å². The van der Waals surface area contributed by atoms with E-state index in [1.54, 1.807) is 31.4 Å². The zero-order valence-electron chi connectivity index (χ0n) is 12.1. The van der Waals surface area contributed by atoms with Crippen molar-refractivity contribution in [1.82, 2.24) is 10.0 Å². The van der Waals surface area contributed by atoms with Crippen LogP contribution >= 0.6 is 0 Å². The summed E-state index contributed by atoms with van der Waals surface area (Å²) in [5.74, 6) is 0.946. The van der Waals surface area contributed by atoms with E-state index in [-0.39, 0.29) is 12.3 Å². The summed E-state index contributed by atoms with van der Waals surface area (Å²) < 4.78 is 34.9. The predicted octanol–water partition coefficient (Wildman–Crippen LogP) is 0.130. The third-order valence-corrected chi connectivity index (χ3v) is 3.93. The van der Waals surface area contributed by atoms with Crippen molar-refractivity contribution >= 4 is 15.9 Å². The second-order valence-corrected chi connectivity index (χ2v) is 6.19. The quantitative estimate of drug-likeness (QED) is 0.632. The number of benzene rings is 1. The second kappa shape index (κ2) is 8.48. The Balaban J connectivity index is 2.19. The molecule has 7 nitrogen and oxygen atoms in total. The van der Waals surface area contributed by atoms with E-state index < -0.39 is 15.9 Å². The highest BCUT2D eigenvalue weighted by molar-refractivity contribution is 7.89. The van der Waals surface area contributed by atoms with E-state index in [0.29, 0.717) is 18.9 Å². The van der Waals surface area contributed by atoms with Crippen LogP contribution in [0.2, 0.25) is 0 Å². The van der Waals surface area contributed by atoms with Crippen LogP contribution in [0.4, 0.5) is 0 Å². The van der Waals surface area contributed by atoms with Crippen molar-refractivity contribution in [3.05, 3.63) is 24.3 Å². The van der Waals surface area contributed by atoms with E-state index in [1.807, 2.05) is 0 Å². The van der Waals surface area contributed by atoms with Crippen molar-refractivity contribution in [1.29, 1.82) is 0 Å². The van der Waals surface area contributed by atoms with Crippen molar-refractivity contribution in [2.75, 3.05) is 32.6 Å². The summed E-state index contributed by atoms with van der Waals surface area (Å²) in [4.78, 5) is 11.4. The van der Waals surface area contributed by atoms with Gasteiger partial charge in [-0.05, 0) is 31.2 Å². The fraction of sp³-hybridized carbons (Fsp3) is 0.462. The van der Waals surface area contributed by atoms with E-state index in [1.165, 1.54) is 6.92 Å². The standard InChI is InChI=1S/C13H20N2O5S/c1-3-21(17,18)15-10-13(16)14-8-9-20-12-6-4-11(19-2)5-7-12/h4-7,15H,3,8-10H2,1-2H3,(H,14,16). The highest BCUT2D eigenvalue weighted by Gasteiger charge is 2.08. The fourth-order valence-electron chi connectivity index (χ4n) is 1.37. The molecule has 1 amide bonds. The van der Waals surface area contributed by atoms with Crippen LogP contribution in [0.25, 0.3) is 0 Å². The summed E-state index contributed by atoms with van der Waals surface area (Å²) >= 11 is 0. The van der Waals surface area contributed by atoms with Crippen molar-refractivity contribution in [2.24, 2.45) is 0 Å². The molecular formula is C13H20N2O5S. The van der Waals surface area contributed by atoms with Crippen molar-refractivity contribution < 1.29 is 22.7 Å². The normalized spacial score (nSPS) is 11.0. The first-order valence-corrected chi connectivity index (χ1v) is 8.13. The number of nitrogens with one attached hydrogen (secondary N) is 2. The van der Waals surface area contributed by atoms with Crippen LogP contribution in [0.5, 0.6) is 11.5 Å². The van der Waals surface area contributed by atoms with Crippen molar-refractivity contribution in [3.63, 3.8) is 0 Å². The van der Waals surface area contributed by atoms with Gasteiger partial charge in [-0.3, -0.25) is 4.79 Å². The van der Waals surface area contributed by atoms with Gasteiger partial charge in [-0.1, -0.05) is 0 Å². The first-order chi connectivity index (χ1) is 9.96. The number of carbonyl (C=O) groups is 1. The lowest BCUT2D eigenvalue weighted by Gasteiger charge is -2.09. The van der Waals surface area contributed by atoms with Crippen LogP contribution in [0, 0.1) is 0 Å². The minimum absolute atomic E-state index is 0.0547. The maximum absolute atomic E-state index is 11.4. The Hall–Kier alpha value is -1.80. The summed E-state index contributed by atoms with van der Waals surface area (Å²) in [6.07, 6.45) is 0. The van der Waals surface area contributed by atoms with Crippen LogP contribution in [-0.4, -0.2) is 46.9 Å². The van der Waals surface area contributed by atoms with E-state index in [9.17, 15) is 13.2 Å². The molecule has 0 unspecified atom stereocenters. The molecule has 1 aromatic carbocycles. The SMILES string of the molecule is CCS(=O)(=O)NCC(=O)NCCOc1ccc(OC)cc1. The molecule has 0 saturated carbocycles. The van der Waals surface area contributed by atoms with E-state index >= 15 is 0 Å². The smallest absolute Gasteiger partial charge is 0.235 e. The summed E-state index contributed by atoms with van der Waals surface area (Å²) in [5, 5.41) is 2.56. The van der Waals surface area contributed by atoms with Crippen molar-refractivity contribution in [3.8, 4) is 11.5 Å². The monoisotopic (exact) mass is 316 g/mol. The Morgan fingerprint density at radius 3 is 2.38 bits per heavy atom. The summed E-state index contributed by atoms with van der Waals surface area (Å²) in [7, 11) is -1.77. The van der Waals surface area contributed by atoms with Gasteiger partial charge in [0.15, 0.2) is 0 Å². The highest BCUT2D eigenvalue weighted by Crippen LogP contribution is 2.16. The van der Waals surface area contributed by atoms with Gasteiger partial charge in [-0.25, -0.2) is 13.1 Å². The number of carbonyl (C=O) groups excluding carboxylic acids is 1. The van der Waals surface area contributed by atoms with Crippen LogP contribution in [0.15, 0.2) is 24.3 Å². The molecule has 0 atom stereocenters. The molecule has 21 heavy (non-hydrogen) atoms. The molecule has 1 rings (SSSR count). The molecule has 0 aliphatic heterocycles. The third kappa shape index (κ3) is 6.96. The largest absolute Gasteiger partial charge is 0.497 e. The molecule has 1 aromatic rings. The second-order valence-electron chi connectivity index (χ2n) is 4.10. The molecule has 0 radical (unpaired) electrons. The maximum atomic E-state index is 11.4. The number of hydrogen-bond acceptors (Lipinski definition) is 5. The van der Waals surface area contributed by atoms with Gasteiger partial charge in [-0.15, -0.1) is 0 Å². The first-order valence-electron chi connectivity index (χ1n) is 6.47. The highest BCUT2D eigenvalue weighted by atomic mass is 32.2. The number of amides is 1. The molecule has 0 fully saturated rings. The van der Waals surface area contributed by atoms with Gasteiger partial charge >= 0.3 is 0 Å². The topological polar surface area (TPSA) is 93.7 Å². The summed E-state index contributed by atoms with van der Waals surface area (Å²) in [5.41, 5.74) is 0. The minimum atomic E-state index is -3.35. The molecule has 0 spiro atoms. The van der Waals surface area contributed by atoms with Crippen LogP contribution in [-0.2, 0) is 14.8 Å². The average Bonchev–Trinajstić information content (AvgIpc) is 2.50. The molecule has 0 aliphatic carbocycles. The van der Waals surface area contributed by atoms with Crippen LogP contribution in [0.3, 0.4) is 0 Å². The lowest BCUT2D eigenvalue weighted by atomic mass is 10.3. The molecule has 2 N–H and O–H groups in total. The Bertz CT molecular complexity index is 542. The molecule has 0 saturated heterocycles. The predicted molar refractivity (Wildman–Crippen MR) is 79.0 cm³/mol. The maximum Gasteiger partial charge on any atom is 0.235 e. The van der Waals surface area contributed by atoms with Crippen LogP contribution < -0.4 is 19.5 Å². The van der Waals surface area contributed by atoms with Gasteiger partial charge in [0.25, 0.3) is 0 Å². The number of ether oxygens (including phenoxy) is 2.